The van der Waals surface area contributed by atoms with E-state index in [1.54, 1.807) is 12.3 Å². The van der Waals surface area contributed by atoms with Gasteiger partial charge in [0.1, 0.15) is 5.69 Å². The van der Waals surface area contributed by atoms with Gasteiger partial charge in [-0.2, -0.15) is 0 Å². The number of benzene rings is 2. The smallest absolute Gasteiger partial charge is 0.274 e. The van der Waals surface area contributed by atoms with E-state index in [0.717, 1.165) is 22.5 Å². The molecule has 1 amide bonds. The first-order valence-corrected chi connectivity index (χ1v) is 7.65. The molecular formula is C19H18N4O. The topological polar surface area (TPSA) is 66.9 Å². The zero-order valence-electron chi connectivity index (χ0n) is 13.6. The molecule has 5 nitrogen and oxygen atoms in total. The van der Waals surface area contributed by atoms with Crippen molar-refractivity contribution in [2.45, 2.75) is 13.8 Å². The predicted molar refractivity (Wildman–Crippen MR) is 95.6 cm³/mol. The first-order chi connectivity index (χ1) is 11.6. The molecule has 2 aromatic carbocycles. The van der Waals surface area contributed by atoms with Crippen LogP contribution in [-0.4, -0.2) is 15.9 Å². The van der Waals surface area contributed by atoms with Crippen LogP contribution in [0.3, 0.4) is 0 Å². The number of carbonyl (C=O) groups excluding carboxylic acids is 1. The summed E-state index contributed by atoms with van der Waals surface area (Å²) in [5, 5.41) is 5.95. The first kappa shape index (κ1) is 15.7. The summed E-state index contributed by atoms with van der Waals surface area (Å²) in [7, 11) is 0. The number of carbonyl (C=O) groups is 1. The van der Waals surface area contributed by atoms with Crippen LogP contribution in [0.5, 0.6) is 0 Å². The van der Waals surface area contributed by atoms with Crippen LogP contribution < -0.4 is 10.6 Å². The van der Waals surface area contributed by atoms with Crippen molar-refractivity contribution in [1.82, 2.24) is 9.97 Å². The highest BCUT2D eigenvalue weighted by molar-refractivity contribution is 6.03. The Labute approximate surface area is 140 Å². The highest BCUT2D eigenvalue weighted by Crippen LogP contribution is 2.15. The van der Waals surface area contributed by atoms with E-state index in [0.29, 0.717) is 11.6 Å². The summed E-state index contributed by atoms with van der Waals surface area (Å²) in [6, 6.07) is 17.1. The number of aryl methyl sites for hydroxylation is 2. The van der Waals surface area contributed by atoms with Crippen LogP contribution in [0.15, 0.2) is 60.8 Å². The third-order valence-corrected chi connectivity index (χ3v) is 3.44. The van der Waals surface area contributed by atoms with Crippen LogP contribution in [0.1, 0.15) is 21.6 Å². The minimum Gasteiger partial charge on any atom is -0.324 e. The molecule has 0 atom stereocenters. The molecule has 0 radical (unpaired) electrons. The third-order valence-electron chi connectivity index (χ3n) is 3.44. The summed E-state index contributed by atoms with van der Waals surface area (Å²) in [4.78, 5) is 20.8. The lowest BCUT2D eigenvalue weighted by Crippen LogP contribution is -2.14. The Morgan fingerprint density at radius 2 is 1.58 bits per heavy atom. The van der Waals surface area contributed by atoms with Gasteiger partial charge in [-0.25, -0.2) is 9.97 Å². The Balaban J connectivity index is 1.76. The molecule has 2 N–H and O–H groups in total. The van der Waals surface area contributed by atoms with E-state index in [2.05, 4.69) is 20.6 Å². The van der Waals surface area contributed by atoms with E-state index in [1.165, 1.54) is 0 Å². The first-order valence-electron chi connectivity index (χ1n) is 7.65. The number of rotatable bonds is 4. The molecule has 0 saturated carbocycles. The highest BCUT2D eigenvalue weighted by Gasteiger charge is 2.09. The highest BCUT2D eigenvalue weighted by atomic mass is 16.1. The van der Waals surface area contributed by atoms with Crippen molar-refractivity contribution < 1.29 is 4.79 Å². The van der Waals surface area contributed by atoms with Crippen LogP contribution in [0.25, 0.3) is 0 Å². The molecule has 0 bridgehead atoms. The lowest BCUT2D eigenvalue weighted by Gasteiger charge is -2.08. The Morgan fingerprint density at radius 1 is 0.917 bits per heavy atom. The minimum atomic E-state index is -0.268. The van der Waals surface area contributed by atoms with Gasteiger partial charge in [0, 0.05) is 17.6 Å². The number of nitrogens with one attached hydrogen (secondary N) is 2. The zero-order chi connectivity index (χ0) is 16.9. The fraction of sp³-hybridized carbons (Fsp3) is 0.105. The van der Waals surface area contributed by atoms with Gasteiger partial charge in [-0.15, -0.1) is 0 Å². The number of aromatic nitrogens is 2. The van der Waals surface area contributed by atoms with Crippen molar-refractivity contribution in [2.75, 3.05) is 10.6 Å². The molecule has 5 heteroatoms. The summed E-state index contributed by atoms with van der Waals surface area (Å²) in [5.74, 6) is 0.118. The summed E-state index contributed by atoms with van der Waals surface area (Å²) in [6.45, 7) is 3.99. The summed E-state index contributed by atoms with van der Waals surface area (Å²) >= 11 is 0. The average Bonchev–Trinajstić information content (AvgIpc) is 2.55. The number of anilines is 3. The van der Waals surface area contributed by atoms with Gasteiger partial charge in [-0.3, -0.25) is 4.79 Å². The molecule has 120 valence electrons. The quantitative estimate of drug-likeness (QED) is 0.760. The molecule has 1 aromatic heterocycles. The molecule has 3 rings (SSSR count). The van der Waals surface area contributed by atoms with Crippen LogP contribution in [0, 0.1) is 13.8 Å². The van der Waals surface area contributed by atoms with Gasteiger partial charge in [0.2, 0.25) is 5.95 Å². The van der Waals surface area contributed by atoms with E-state index in [9.17, 15) is 4.79 Å². The van der Waals surface area contributed by atoms with E-state index in [-0.39, 0.29) is 5.91 Å². The third kappa shape index (κ3) is 3.95. The Hall–Kier alpha value is -3.21. The normalized spacial score (nSPS) is 10.2. The van der Waals surface area contributed by atoms with Crippen LogP contribution in [-0.2, 0) is 0 Å². The van der Waals surface area contributed by atoms with Gasteiger partial charge in [0.25, 0.3) is 5.91 Å². The van der Waals surface area contributed by atoms with Crippen molar-refractivity contribution >= 4 is 23.2 Å². The van der Waals surface area contributed by atoms with E-state index < -0.39 is 0 Å². The van der Waals surface area contributed by atoms with Crippen molar-refractivity contribution in [2.24, 2.45) is 0 Å². The molecule has 0 spiro atoms. The second-order valence-electron chi connectivity index (χ2n) is 5.58. The SMILES string of the molecule is Cc1cccc(NC(=O)c2ccnc(Nc3cccc(C)c3)n2)c1. The Bertz CT molecular complexity index is 877. The summed E-state index contributed by atoms with van der Waals surface area (Å²) in [6.07, 6.45) is 1.57. The molecule has 0 unspecified atom stereocenters. The number of nitrogens with zero attached hydrogens (tertiary/aromatic N) is 2. The molecule has 0 saturated heterocycles. The van der Waals surface area contributed by atoms with Crippen molar-refractivity contribution in [3.8, 4) is 0 Å². The monoisotopic (exact) mass is 318 g/mol. The van der Waals surface area contributed by atoms with Gasteiger partial charge in [0.05, 0.1) is 0 Å². The van der Waals surface area contributed by atoms with Gasteiger partial charge >= 0.3 is 0 Å². The number of hydrogen-bond acceptors (Lipinski definition) is 4. The second-order valence-corrected chi connectivity index (χ2v) is 5.58. The van der Waals surface area contributed by atoms with Gasteiger partial charge < -0.3 is 10.6 Å². The number of amides is 1. The molecular weight excluding hydrogens is 300 g/mol. The van der Waals surface area contributed by atoms with Gasteiger partial charge in [-0.1, -0.05) is 24.3 Å². The van der Waals surface area contributed by atoms with Crippen LogP contribution in [0.2, 0.25) is 0 Å². The maximum absolute atomic E-state index is 12.4. The molecule has 1 heterocycles. The largest absolute Gasteiger partial charge is 0.324 e. The standard InChI is InChI=1S/C19H18N4O/c1-13-5-3-7-15(11-13)21-18(24)17-9-10-20-19(23-17)22-16-8-4-6-14(2)12-16/h3-12H,1-2H3,(H,21,24)(H,20,22,23). The van der Waals surface area contributed by atoms with E-state index >= 15 is 0 Å². The summed E-state index contributed by atoms with van der Waals surface area (Å²) in [5.41, 5.74) is 4.14. The fourth-order valence-corrected chi connectivity index (χ4v) is 2.32. The van der Waals surface area contributed by atoms with E-state index in [1.807, 2.05) is 62.4 Å². The lowest BCUT2D eigenvalue weighted by molar-refractivity contribution is 0.102. The van der Waals surface area contributed by atoms with Crippen molar-refractivity contribution in [1.29, 1.82) is 0 Å². The van der Waals surface area contributed by atoms with E-state index in [4.69, 9.17) is 0 Å². The molecule has 24 heavy (non-hydrogen) atoms. The minimum absolute atomic E-state index is 0.268. The van der Waals surface area contributed by atoms with Crippen LogP contribution >= 0.6 is 0 Å². The maximum atomic E-state index is 12.4. The molecule has 0 aliphatic heterocycles. The maximum Gasteiger partial charge on any atom is 0.274 e. The van der Waals surface area contributed by atoms with Crippen LogP contribution in [0.4, 0.5) is 17.3 Å². The Morgan fingerprint density at radius 3 is 2.29 bits per heavy atom. The van der Waals surface area contributed by atoms with Crippen molar-refractivity contribution in [3.05, 3.63) is 77.6 Å². The lowest BCUT2D eigenvalue weighted by atomic mass is 10.2. The predicted octanol–water partition coefficient (Wildman–Crippen LogP) is 4.09. The Kier molecular flexibility index (Phi) is 4.52. The number of hydrogen-bond donors (Lipinski definition) is 2. The second kappa shape index (κ2) is 6.91. The van der Waals surface area contributed by atoms with Gasteiger partial charge in [0.15, 0.2) is 0 Å². The fourth-order valence-electron chi connectivity index (χ4n) is 2.32. The van der Waals surface area contributed by atoms with Gasteiger partial charge in [-0.05, 0) is 55.3 Å². The molecule has 0 aliphatic rings. The zero-order valence-corrected chi connectivity index (χ0v) is 13.6. The molecule has 0 aliphatic carbocycles. The molecule has 3 aromatic rings. The molecule has 0 fully saturated rings. The van der Waals surface area contributed by atoms with Crippen molar-refractivity contribution in [3.63, 3.8) is 0 Å². The summed E-state index contributed by atoms with van der Waals surface area (Å²) < 4.78 is 0. The average molecular weight is 318 g/mol.